The summed E-state index contributed by atoms with van der Waals surface area (Å²) < 4.78 is 5.69. The van der Waals surface area contributed by atoms with Gasteiger partial charge in [0.1, 0.15) is 0 Å². The summed E-state index contributed by atoms with van der Waals surface area (Å²) in [6, 6.07) is 0.816. The van der Waals surface area contributed by atoms with Crippen LogP contribution in [0.1, 0.15) is 19.3 Å². The van der Waals surface area contributed by atoms with Crippen LogP contribution in [-0.2, 0) is 4.74 Å². The van der Waals surface area contributed by atoms with Gasteiger partial charge in [-0.1, -0.05) is 0 Å². The van der Waals surface area contributed by atoms with E-state index in [2.05, 4.69) is 15.1 Å². The molecule has 4 nitrogen and oxygen atoms in total. The van der Waals surface area contributed by atoms with Crippen LogP contribution < -0.4 is 5.32 Å². The fourth-order valence-corrected chi connectivity index (χ4v) is 3.23. The Morgan fingerprint density at radius 1 is 1.12 bits per heavy atom. The molecule has 17 heavy (non-hydrogen) atoms. The second kappa shape index (κ2) is 5.65. The Morgan fingerprint density at radius 3 is 2.88 bits per heavy atom. The summed E-state index contributed by atoms with van der Waals surface area (Å²) in [4.78, 5) is 5.24. The van der Waals surface area contributed by atoms with Gasteiger partial charge in [0.15, 0.2) is 0 Å². The van der Waals surface area contributed by atoms with Crippen molar-refractivity contribution in [1.29, 1.82) is 0 Å². The number of nitrogens with zero attached hydrogens (tertiary/aromatic N) is 2. The van der Waals surface area contributed by atoms with Crippen LogP contribution in [0.4, 0.5) is 0 Å². The summed E-state index contributed by atoms with van der Waals surface area (Å²) in [5.74, 6) is 0. The molecule has 1 N–H and O–H groups in total. The topological polar surface area (TPSA) is 27.7 Å². The molecule has 3 aliphatic heterocycles. The van der Waals surface area contributed by atoms with Crippen LogP contribution in [0.25, 0.3) is 0 Å². The molecule has 4 heteroatoms. The molecule has 0 aliphatic carbocycles. The maximum Gasteiger partial charge on any atom is 0.0702 e. The van der Waals surface area contributed by atoms with Crippen molar-refractivity contribution in [2.45, 2.75) is 31.4 Å². The van der Waals surface area contributed by atoms with Crippen molar-refractivity contribution in [2.24, 2.45) is 0 Å². The highest BCUT2D eigenvalue weighted by Gasteiger charge is 2.33. The number of hydrogen-bond acceptors (Lipinski definition) is 4. The lowest BCUT2D eigenvalue weighted by molar-refractivity contribution is -0.00227. The van der Waals surface area contributed by atoms with E-state index in [-0.39, 0.29) is 0 Å². The lowest BCUT2D eigenvalue weighted by Gasteiger charge is -2.46. The molecule has 0 spiro atoms. The van der Waals surface area contributed by atoms with Gasteiger partial charge in [0.05, 0.1) is 6.10 Å². The first-order valence-corrected chi connectivity index (χ1v) is 7.20. The standard InChI is InChI=1S/C13H25N3O/c1-3-13(17-8-1)11-15-9-12(10-15)16-6-2-4-14-5-7-16/h12-14H,1-11H2. The second-order valence-corrected chi connectivity index (χ2v) is 5.65. The molecule has 3 saturated heterocycles. The minimum atomic E-state index is 0.529. The Kier molecular flexibility index (Phi) is 3.96. The molecule has 98 valence electrons. The van der Waals surface area contributed by atoms with E-state index in [4.69, 9.17) is 4.74 Å². The summed E-state index contributed by atoms with van der Waals surface area (Å²) in [5.41, 5.74) is 0. The molecule has 0 radical (unpaired) electrons. The quantitative estimate of drug-likeness (QED) is 0.758. The molecule has 3 heterocycles. The van der Waals surface area contributed by atoms with Crippen molar-refractivity contribution in [2.75, 3.05) is 52.4 Å². The number of hydrogen-bond donors (Lipinski definition) is 1. The van der Waals surface area contributed by atoms with Gasteiger partial charge in [0.25, 0.3) is 0 Å². The molecule has 0 amide bonds. The number of likely N-dealkylation sites (tertiary alicyclic amines) is 1. The Labute approximate surface area is 104 Å². The predicted molar refractivity (Wildman–Crippen MR) is 68.3 cm³/mol. The van der Waals surface area contributed by atoms with Crippen LogP contribution in [0.5, 0.6) is 0 Å². The Morgan fingerprint density at radius 2 is 2.06 bits per heavy atom. The van der Waals surface area contributed by atoms with Gasteiger partial charge in [-0.2, -0.15) is 0 Å². The van der Waals surface area contributed by atoms with Crippen LogP contribution >= 0.6 is 0 Å². The van der Waals surface area contributed by atoms with Crippen LogP contribution in [0.3, 0.4) is 0 Å². The highest BCUT2D eigenvalue weighted by molar-refractivity contribution is 4.90. The van der Waals surface area contributed by atoms with Crippen molar-refractivity contribution >= 4 is 0 Å². The minimum Gasteiger partial charge on any atom is -0.377 e. The van der Waals surface area contributed by atoms with Crippen molar-refractivity contribution in [3.63, 3.8) is 0 Å². The maximum atomic E-state index is 5.69. The van der Waals surface area contributed by atoms with E-state index in [0.29, 0.717) is 6.10 Å². The van der Waals surface area contributed by atoms with Gasteiger partial charge in [-0.05, 0) is 32.4 Å². The predicted octanol–water partition coefficient (Wildman–Crippen LogP) is 0.145. The average molecular weight is 239 g/mol. The molecular formula is C13H25N3O. The van der Waals surface area contributed by atoms with Crippen molar-refractivity contribution in [3.05, 3.63) is 0 Å². The van der Waals surface area contributed by atoms with E-state index < -0.39 is 0 Å². The van der Waals surface area contributed by atoms with E-state index >= 15 is 0 Å². The average Bonchev–Trinajstić information content (AvgIpc) is 2.65. The third kappa shape index (κ3) is 2.99. The first-order chi connectivity index (χ1) is 8.42. The zero-order valence-electron chi connectivity index (χ0n) is 10.7. The lowest BCUT2D eigenvalue weighted by Crippen LogP contribution is -2.61. The van der Waals surface area contributed by atoms with Crippen LogP contribution in [0.2, 0.25) is 0 Å². The zero-order chi connectivity index (χ0) is 11.5. The summed E-state index contributed by atoms with van der Waals surface area (Å²) in [6.07, 6.45) is 4.37. The van der Waals surface area contributed by atoms with Gasteiger partial charge in [-0.15, -0.1) is 0 Å². The Hall–Kier alpha value is -0.160. The van der Waals surface area contributed by atoms with Gasteiger partial charge < -0.3 is 10.1 Å². The highest BCUT2D eigenvalue weighted by atomic mass is 16.5. The van der Waals surface area contributed by atoms with Crippen molar-refractivity contribution < 1.29 is 4.74 Å². The van der Waals surface area contributed by atoms with Gasteiger partial charge >= 0.3 is 0 Å². The van der Waals surface area contributed by atoms with Crippen LogP contribution in [-0.4, -0.2) is 74.4 Å². The monoisotopic (exact) mass is 239 g/mol. The van der Waals surface area contributed by atoms with Gasteiger partial charge in [0, 0.05) is 45.4 Å². The normalized spacial score (nSPS) is 33.5. The van der Waals surface area contributed by atoms with Crippen molar-refractivity contribution in [3.8, 4) is 0 Å². The molecular weight excluding hydrogens is 214 g/mol. The van der Waals surface area contributed by atoms with Crippen LogP contribution in [0.15, 0.2) is 0 Å². The fraction of sp³-hybridized carbons (Fsp3) is 1.00. The SMILES string of the molecule is C1COC(CN2CC(N3CCCNCC3)C2)C1. The van der Waals surface area contributed by atoms with Gasteiger partial charge in [0.2, 0.25) is 0 Å². The van der Waals surface area contributed by atoms with E-state index in [0.717, 1.165) is 12.6 Å². The lowest BCUT2D eigenvalue weighted by atomic mass is 10.1. The maximum absolute atomic E-state index is 5.69. The van der Waals surface area contributed by atoms with Gasteiger partial charge in [-0.25, -0.2) is 0 Å². The van der Waals surface area contributed by atoms with E-state index in [9.17, 15) is 0 Å². The first kappa shape index (κ1) is 11.9. The molecule has 1 unspecified atom stereocenters. The molecule has 3 rings (SSSR count). The third-order valence-electron chi connectivity index (χ3n) is 4.31. The largest absolute Gasteiger partial charge is 0.377 e. The molecule has 0 aromatic carbocycles. The third-order valence-corrected chi connectivity index (χ3v) is 4.31. The first-order valence-electron chi connectivity index (χ1n) is 7.20. The summed E-state index contributed by atoms with van der Waals surface area (Å²) in [6.45, 7) is 9.57. The molecule has 0 aromatic rings. The number of nitrogens with one attached hydrogen (secondary N) is 1. The highest BCUT2D eigenvalue weighted by Crippen LogP contribution is 2.20. The molecule has 1 atom stereocenters. The summed E-state index contributed by atoms with van der Waals surface area (Å²) in [5, 5.41) is 3.47. The van der Waals surface area contributed by atoms with E-state index in [1.54, 1.807) is 0 Å². The summed E-state index contributed by atoms with van der Waals surface area (Å²) in [7, 11) is 0. The Balaban J connectivity index is 1.38. The minimum absolute atomic E-state index is 0.529. The van der Waals surface area contributed by atoms with Crippen LogP contribution in [0, 0.1) is 0 Å². The second-order valence-electron chi connectivity index (χ2n) is 5.65. The van der Waals surface area contributed by atoms with E-state index in [1.807, 2.05) is 0 Å². The molecule has 3 aliphatic rings. The molecule has 0 bridgehead atoms. The smallest absolute Gasteiger partial charge is 0.0702 e. The number of rotatable bonds is 3. The molecule has 0 saturated carbocycles. The van der Waals surface area contributed by atoms with E-state index in [1.165, 1.54) is 65.1 Å². The van der Waals surface area contributed by atoms with Gasteiger partial charge in [-0.3, -0.25) is 9.80 Å². The molecule has 3 fully saturated rings. The zero-order valence-corrected chi connectivity index (χ0v) is 10.7. The fourth-order valence-electron chi connectivity index (χ4n) is 3.23. The molecule has 0 aromatic heterocycles. The van der Waals surface area contributed by atoms with Crippen molar-refractivity contribution in [1.82, 2.24) is 15.1 Å². The summed E-state index contributed by atoms with van der Waals surface area (Å²) >= 11 is 0. The number of ether oxygens (including phenoxy) is 1. The Bertz CT molecular complexity index is 229.